The van der Waals surface area contributed by atoms with E-state index in [4.69, 9.17) is 9.47 Å². The van der Waals surface area contributed by atoms with Gasteiger partial charge in [-0.15, -0.1) is 0 Å². The molecule has 2 fully saturated rings. The summed E-state index contributed by atoms with van der Waals surface area (Å²) in [5, 5.41) is 6.38. The number of anilines is 1. The van der Waals surface area contributed by atoms with Crippen LogP contribution in [0.25, 0.3) is 0 Å². The van der Waals surface area contributed by atoms with Gasteiger partial charge in [0.2, 0.25) is 5.91 Å². The number of ether oxygens (including phenoxy) is 2. The Hall–Kier alpha value is -1.59. The summed E-state index contributed by atoms with van der Waals surface area (Å²) in [4.78, 5) is 12.8. The highest BCUT2D eigenvalue weighted by Crippen LogP contribution is 2.31. The van der Waals surface area contributed by atoms with Crippen molar-refractivity contribution in [3.63, 3.8) is 0 Å². The molecule has 0 bridgehead atoms. The molecule has 0 aromatic heterocycles. The maximum Gasteiger partial charge on any atom is 0.233 e. The van der Waals surface area contributed by atoms with Crippen molar-refractivity contribution in [3.05, 3.63) is 24.3 Å². The smallest absolute Gasteiger partial charge is 0.233 e. The molecule has 5 nitrogen and oxygen atoms in total. The molecule has 2 aliphatic rings. The summed E-state index contributed by atoms with van der Waals surface area (Å²) in [6.45, 7) is 2.97. The first-order valence-electron chi connectivity index (χ1n) is 9.96. The summed E-state index contributed by atoms with van der Waals surface area (Å²) >= 11 is 0. The number of nitrogens with one attached hydrogen (secondary N) is 2. The normalized spacial score (nSPS) is 20.5. The van der Waals surface area contributed by atoms with E-state index in [-0.39, 0.29) is 5.91 Å². The van der Waals surface area contributed by atoms with Crippen molar-refractivity contribution in [2.45, 2.75) is 44.9 Å². The van der Waals surface area contributed by atoms with Crippen molar-refractivity contribution in [2.75, 3.05) is 38.7 Å². The third kappa shape index (κ3) is 4.98. The van der Waals surface area contributed by atoms with Crippen molar-refractivity contribution in [1.82, 2.24) is 5.32 Å². The van der Waals surface area contributed by atoms with Crippen LogP contribution >= 0.6 is 0 Å². The molecule has 26 heavy (non-hydrogen) atoms. The van der Waals surface area contributed by atoms with Crippen molar-refractivity contribution >= 4 is 11.6 Å². The van der Waals surface area contributed by atoms with Crippen LogP contribution < -0.4 is 15.4 Å². The van der Waals surface area contributed by atoms with Gasteiger partial charge in [0, 0.05) is 12.8 Å². The Morgan fingerprint density at radius 1 is 1.15 bits per heavy atom. The van der Waals surface area contributed by atoms with Crippen LogP contribution in [0.5, 0.6) is 5.75 Å². The van der Waals surface area contributed by atoms with Gasteiger partial charge in [0.15, 0.2) is 0 Å². The maximum atomic E-state index is 12.8. The number of methoxy groups -OCH3 is 1. The number of rotatable bonds is 7. The van der Waals surface area contributed by atoms with E-state index in [0.29, 0.717) is 12.5 Å². The van der Waals surface area contributed by atoms with Crippen LogP contribution in [0.1, 0.15) is 44.9 Å². The van der Waals surface area contributed by atoms with Gasteiger partial charge in [-0.25, -0.2) is 0 Å². The van der Waals surface area contributed by atoms with E-state index < -0.39 is 5.41 Å². The molecular weight excluding hydrogens is 328 g/mol. The Bertz CT molecular complexity index is 556. The predicted molar refractivity (Wildman–Crippen MR) is 104 cm³/mol. The largest absolute Gasteiger partial charge is 0.493 e. The van der Waals surface area contributed by atoms with Gasteiger partial charge in [0.1, 0.15) is 5.75 Å². The number of hydrogen-bond donors (Lipinski definition) is 2. The molecule has 1 heterocycles. The molecule has 3 rings (SSSR count). The fourth-order valence-corrected chi connectivity index (χ4v) is 4.08. The van der Waals surface area contributed by atoms with E-state index >= 15 is 0 Å². The third-order valence-corrected chi connectivity index (χ3v) is 5.79. The number of carbonyl (C=O) groups is 1. The van der Waals surface area contributed by atoms with Crippen LogP contribution in [0, 0.1) is 11.3 Å². The van der Waals surface area contributed by atoms with Crippen molar-refractivity contribution in [3.8, 4) is 5.75 Å². The molecule has 2 N–H and O–H groups in total. The second kappa shape index (κ2) is 9.38. The van der Waals surface area contributed by atoms with Gasteiger partial charge >= 0.3 is 0 Å². The second-order valence-corrected chi connectivity index (χ2v) is 7.76. The van der Waals surface area contributed by atoms with E-state index in [2.05, 4.69) is 10.6 Å². The topological polar surface area (TPSA) is 59.6 Å². The molecule has 0 atom stereocenters. The average Bonchev–Trinajstić information content (AvgIpc) is 2.69. The lowest BCUT2D eigenvalue weighted by Gasteiger charge is -2.35. The molecular formula is C21H32N2O3. The van der Waals surface area contributed by atoms with Gasteiger partial charge in [-0.1, -0.05) is 19.3 Å². The molecule has 144 valence electrons. The quantitative estimate of drug-likeness (QED) is 0.780. The Balaban J connectivity index is 1.53. The van der Waals surface area contributed by atoms with Crippen molar-refractivity contribution in [2.24, 2.45) is 11.3 Å². The Labute approximate surface area is 156 Å². The zero-order valence-electron chi connectivity index (χ0n) is 15.9. The van der Waals surface area contributed by atoms with Crippen LogP contribution in [-0.4, -0.2) is 39.3 Å². The Morgan fingerprint density at radius 2 is 1.85 bits per heavy atom. The van der Waals surface area contributed by atoms with Crippen LogP contribution in [0.3, 0.4) is 0 Å². The molecule has 1 saturated heterocycles. The van der Waals surface area contributed by atoms with E-state index in [0.717, 1.165) is 44.0 Å². The molecule has 1 amide bonds. The minimum absolute atomic E-state index is 0.0525. The first-order valence-corrected chi connectivity index (χ1v) is 9.96. The lowest BCUT2D eigenvalue weighted by atomic mass is 9.78. The van der Waals surface area contributed by atoms with Crippen LogP contribution in [0.2, 0.25) is 0 Å². The van der Waals surface area contributed by atoms with E-state index in [1.165, 1.54) is 32.1 Å². The van der Waals surface area contributed by atoms with Crippen molar-refractivity contribution in [1.29, 1.82) is 0 Å². The standard InChI is InChI=1S/C21H32N2O3/c1-25-16-21(11-13-22-14-12-21)20(24)23-18-7-9-19(10-8-18)26-15-17-5-3-2-4-6-17/h7-10,17,22H,2-6,11-16H2,1H3,(H,23,24). The predicted octanol–water partition coefficient (Wildman–Crippen LogP) is 3.60. The molecule has 0 spiro atoms. The fraction of sp³-hybridized carbons (Fsp3) is 0.667. The first-order chi connectivity index (χ1) is 12.7. The summed E-state index contributed by atoms with van der Waals surface area (Å²) < 4.78 is 11.3. The Morgan fingerprint density at radius 3 is 2.50 bits per heavy atom. The molecule has 1 aromatic carbocycles. The van der Waals surface area contributed by atoms with Gasteiger partial charge in [-0.2, -0.15) is 0 Å². The van der Waals surface area contributed by atoms with E-state index in [1.54, 1.807) is 7.11 Å². The minimum Gasteiger partial charge on any atom is -0.493 e. The summed E-state index contributed by atoms with van der Waals surface area (Å²) in [5.74, 6) is 1.62. The molecule has 1 saturated carbocycles. The van der Waals surface area contributed by atoms with E-state index in [9.17, 15) is 4.79 Å². The molecule has 1 aliphatic heterocycles. The molecule has 0 unspecified atom stereocenters. The molecule has 5 heteroatoms. The zero-order chi connectivity index (χ0) is 18.2. The average molecular weight is 360 g/mol. The molecule has 1 aromatic rings. The monoisotopic (exact) mass is 360 g/mol. The van der Waals surface area contributed by atoms with Crippen molar-refractivity contribution < 1.29 is 14.3 Å². The number of carbonyl (C=O) groups excluding carboxylic acids is 1. The zero-order valence-corrected chi connectivity index (χ0v) is 15.9. The van der Waals surface area contributed by atoms with Crippen LogP contribution in [0.15, 0.2) is 24.3 Å². The van der Waals surface area contributed by atoms with Gasteiger partial charge in [0.05, 0.1) is 18.6 Å². The Kier molecular flexibility index (Phi) is 6.92. The fourth-order valence-electron chi connectivity index (χ4n) is 4.08. The second-order valence-electron chi connectivity index (χ2n) is 7.76. The van der Waals surface area contributed by atoms with Gasteiger partial charge < -0.3 is 20.1 Å². The molecule has 1 aliphatic carbocycles. The highest BCUT2D eigenvalue weighted by molar-refractivity contribution is 5.95. The highest BCUT2D eigenvalue weighted by atomic mass is 16.5. The number of benzene rings is 1. The highest BCUT2D eigenvalue weighted by Gasteiger charge is 2.39. The van der Waals surface area contributed by atoms with Crippen LogP contribution in [-0.2, 0) is 9.53 Å². The van der Waals surface area contributed by atoms with Gasteiger partial charge in [-0.05, 0) is 69.0 Å². The van der Waals surface area contributed by atoms with E-state index in [1.807, 2.05) is 24.3 Å². The van der Waals surface area contributed by atoms with Gasteiger partial charge in [-0.3, -0.25) is 4.79 Å². The van der Waals surface area contributed by atoms with Crippen LogP contribution in [0.4, 0.5) is 5.69 Å². The summed E-state index contributed by atoms with van der Waals surface area (Å²) in [6, 6.07) is 7.75. The lowest BCUT2D eigenvalue weighted by molar-refractivity contribution is -0.130. The number of amides is 1. The third-order valence-electron chi connectivity index (χ3n) is 5.79. The minimum atomic E-state index is -0.434. The first kappa shape index (κ1) is 19.2. The lowest BCUT2D eigenvalue weighted by Crippen LogP contribution is -2.47. The summed E-state index contributed by atoms with van der Waals surface area (Å²) in [6.07, 6.45) is 8.20. The number of piperidine rings is 1. The summed E-state index contributed by atoms with van der Waals surface area (Å²) in [7, 11) is 1.66. The van der Waals surface area contributed by atoms with Gasteiger partial charge in [0.25, 0.3) is 0 Å². The SMILES string of the molecule is COCC1(C(=O)Nc2ccc(OCC3CCCCC3)cc2)CCNCC1. The maximum absolute atomic E-state index is 12.8. The molecule has 0 radical (unpaired) electrons. The summed E-state index contributed by atoms with van der Waals surface area (Å²) in [5.41, 5.74) is 0.380. The number of hydrogen-bond acceptors (Lipinski definition) is 4.